The number of ketones is 1. The van der Waals surface area contributed by atoms with Crippen LogP contribution in [0.15, 0.2) is 0 Å². The molecule has 3 nitrogen and oxygen atoms in total. The van der Waals surface area contributed by atoms with Gasteiger partial charge >= 0.3 is 5.97 Å². The van der Waals surface area contributed by atoms with Gasteiger partial charge in [0.1, 0.15) is 11.7 Å². The van der Waals surface area contributed by atoms with Crippen LogP contribution in [0.1, 0.15) is 200 Å². The lowest BCUT2D eigenvalue weighted by atomic mass is 9.93. The van der Waals surface area contributed by atoms with E-state index in [-0.39, 0.29) is 5.78 Å². The van der Waals surface area contributed by atoms with E-state index in [0.29, 0.717) is 12.8 Å². The van der Waals surface area contributed by atoms with Crippen LogP contribution < -0.4 is 0 Å². The number of rotatable bonds is 31. The number of carboxylic acids is 1. The monoisotopic (exact) mass is 523 g/mol. The Balaban J connectivity index is 3.55. The van der Waals surface area contributed by atoms with E-state index < -0.39 is 11.9 Å². The molecule has 0 saturated carbocycles. The molecule has 220 valence electrons. The lowest BCUT2D eigenvalue weighted by molar-refractivity contribution is -0.146. The van der Waals surface area contributed by atoms with Crippen molar-refractivity contribution in [3.8, 4) is 0 Å². The smallest absolute Gasteiger partial charge is 0.314 e. The molecule has 1 atom stereocenters. The first-order chi connectivity index (χ1) is 18.1. The Bertz CT molecular complexity index is 487. The highest BCUT2D eigenvalue weighted by Crippen LogP contribution is 2.19. The summed E-state index contributed by atoms with van der Waals surface area (Å²) in [6, 6.07) is 0. The summed E-state index contributed by atoms with van der Waals surface area (Å²) in [4.78, 5) is 24.1. The molecule has 0 aliphatic carbocycles. The minimum atomic E-state index is -0.908. The van der Waals surface area contributed by atoms with Gasteiger partial charge in [0.2, 0.25) is 0 Å². The van der Waals surface area contributed by atoms with Gasteiger partial charge in [0.15, 0.2) is 0 Å². The van der Waals surface area contributed by atoms with Crippen molar-refractivity contribution in [2.45, 2.75) is 200 Å². The Kier molecular flexibility index (Phi) is 29.0. The third-order valence-electron chi connectivity index (χ3n) is 8.06. The van der Waals surface area contributed by atoms with Crippen molar-refractivity contribution in [1.29, 1.82) is 0 Å². The van der Waals surface area contributed by atoms with Gasteiger partial charge in [0.25, 0.3) is 0 Å². The molecule has 0 aromatic rings. The molecule has 0 aromatic carbocycles. The number of carbonyl (C=O) groups is 2. The summed E-state index contributed by atoms with van der Waals surface area (Å²) in [5, 5.41) is 9.53. The third-order valence-corrected chi connectivity index (χ3v) is 8.06. The van der Waals surface area contributed by atoms with Crippen LogP contribution >= 0.6 is 0 Å². The molecule has 0 rings (SSSR count). The molecule has 0 aromatic heterocycles. The first kappa shape index (κ1) is 36.1. The molecule has 0 heterocycles. The largest absolute Gasteiger partial charge is 0.481 e. The molecule has 0 amide bonds. The van der Waals surface area contributed by atoms with Crippen molar-refractivity contribution in [2.24, 2.45) is 5.92 Å². The van der Waals surface area contributed by atoms with Gasteiger partial charge in [-0.2, -0.15) is 0 Å². The van der Waals surface area contributed by atoms with E-state index in [1.807, 2.05) is 0 Å². The fraction of sp³-hybridized carbons (Fsp3) is 0.941. The second-order valence-corrected chi connectivity index (χ2v) is 11.7. The highest BCUT2D eigenvalue weighted by atomic mass is 16.4. The van der Waals surface area contributed by atoms with Crippen molar-refractivity contribution in [1.82, 2.24) is 0 Å². The predicted molar refractivity (Wildman–Crippen MR) is 161 cm³/mol. The maximum Gasteiger partial charge on any atom is 0.314 e. The van der Waals surface area contributed by atoms with Crippen LogP contribution in [-0.2, 0) is 9.59 Å². The highest BCUT2D eigenvalue weighted by Gasteiger charge is 2.24. The number of hydrogen-bond acceptors (Lipinski definition) is 2. The minimum Gasteiger partial charge on any atom is -0.481 e. The highest BCUT2D eigenvalue weighted by molar-refractivity contribution is 5.98. The summed E-state index contributed by atoms with van der Waals surface area (Å²) >= 11 is 0. The average molecular weight is 523 g/mol. The summed E-state index contributed by atoms with van der Waals surface area (Å²) in [6.45, 7) is 4.54. The van der Waals surface area contributed by atoms with E-state index in [2.05, 4.69) is 13.8 Å². The zero-order valence-electron chi connectivity index (χ0n) is 25.3. The number of hydrogen-bond donors (Lipinski definition) is 1. The molecule has 0 fully saturated rings. The minimum absolute atomic E-state index is 0.0368. The van der Waals surface area contributed by atoms with Crippen molar-refractivity contribution in [3.05, 3.63) is 0 Å². The fourth-order valence-electron chi connectivity index (χ4n) is 5.46. The standard InChI is InChI=1S/C34H66O3/c1-3-5-7-9-11-13-15-17-19-20-22-24-26-28-30-32(34(36)37)33(35)31-29-27-25-23-21-18-16-14-12-10-8-6-4-2/h32H,3-31H2,1-2H3,(H,36,37). The van der Waals surface area contributed by atoms with Gasteiger partial charge in [-0.05, 0) is 12.8 Å². The van der Waals surface area contributed by atoms with Crippen LogP contribution in [0.4, 0.5) is 0 Å². The Morgan fingerprint density at radius 2 is 0.703 bits per heavy atom. The number of carbonyl (C=O) groups excluding carboxylic acids is 1. The molecule has 0 saturated heterocycles. The zero-order chi connectivity index (χ0) is 27.2. The number of Topliss-reactive ketones (excluding diaryl/α,β-unsaturated/α-hetero) is 1. The molecule has 0 aliphatic heterocycles. The van der Waals surface area contributed by atoms with Gasteiger partial charge in [0.05, 0.1) is 0 Å². The van der Waals surface area contributed by atoms with Gasteiger partial charge in [0, 0.05) is 6.42 Å². The Morgan fingerprint density at radius 3 is 1.00 bits per heavy atom. The van der Waals surface area contributed by atoms with Crippen LogP contribution in [0, 0.1) is 5.92 Å². The molecule has 0 radical (unpaired) electrons. The lowest BCUT2D eigenvalue weighted by Gasteiger charge is -2.11. The second kappa shape index (κ2) is 29.7. The maximum atomic E-state index is 12.5. The molecule has 3 heteroatoms. The number of unbranched alkanes of at least 4 members (excludes halogenated alkanes) is 25. The Hall–Kier alpha value is -0.860. The van der Waals surface area contributed by atoms with E-state index in [1.165, 1.54) is 148 Å². The Morgan fingerprint density at radius 1 is 0.432 bits per heavy atom. The second-order valence-electron chi connectivity index (χ2n) is 11.7. The molecular formula is C34H66O3. The molecule has 0 spiro atoms. The van der Waals surface area contributed by atoms with Crippen LogP contribution in [0.2, 0.25) is 0 Å². The van der Waals surface area contributed by atoms with E-state index in [1.54, 1.807) is 0 Å². The van der Waals surface area contributed by atoms with Crippen LogP contribution in [-0.4, -0.2) is 16.9 Å². The van der Waals surface area contributed by atoms with Crippen LogP contribution in [0.3, 0.4) is 0 Å². The van der Waals surface area contributed by atoms with E-state index in [4.69, 9.17) is 0 Å². The fourth-order valence-corrected chi connectivity index (χ4v) is 5.46. The van der Waals surface area contributed by atoms with Crippen molar-refractivity contribution >= 4 is 11.8 Å². The first-order valence-electron chi connectivity index (χ1n) is 16.9. The van der Waals surface area contributed by atoms with Gasteiger partial charge in [-0.3, -0.25) is 9.59 Å². The Labute approximate surface area is 232 Å². The maximum absolute atomic E-state index is 12.5. The van der Waals surface area contributed by atoms with E-state index >= 15 is 0 Å². The summed E-state index contributed by atoms with van der Waals surface area (Å²) < 4.78 is 0. The van der Waals surface area contributed by atoms with Gasteiger partial charge in [-0.15, -0.1) is 0 Å². The number of aliphatic carboxylic acids is 1. The summed E-state index contributed by atoms with van der Waals surface area (Å²) in [5.41, 5.74) is 0. The van der Waals surface area contributed by atoms with E-state index in [0.717, 1.165) is 25.7 Å². The SMILES string of the molecule is CCCCCCCCCCCCCCCCC(C(=O)O)C(=O)CCCCCCCCCCCCCCC. The van der Waals surface area contributed by atoms with Gasteiger partial charge < -0.3 is 5.11 Å². The van der Waals surface area contributed by atoms with E-state index in [9.17, 15) is 14.7 Å². The predicted octanol–water partition coefficient (Wildman–Crippen LogP) is 11.6. The van der Waals surface area contributed by atoms with Gasteiger partial charge in [-0.1, -0.05) is 181 Å². The molecular weight excluding hydrogens is 456 g/mol. The number of carboxylic acid groups (broad SMARTS) is 1. The van der Waals surface area contributed by atoms with Crippen LogP contribution in [0.5, 0.6) is 0 Å². The molecule has 1 N–H and O–H groups in total. The van der Waals surface area contributed by atoms with Crippen LogP contribution in [0.25, 0.3) is 0 Å². The molecule has 0 bridgehead atoms. The topological polar surface area (TPSA) is 54.4 Å². The van der Waals surface area contributed by atoms with Gasteiger partial charge in [-0.25, -0.2) is 0 Å². The summed E-state index contributed by atoms with van der Waals surface area (Å²) in [5.74, 6) is -1.71. The van der Waals surface area contributed by atoms with Crippen molar-refractivity contribution in [3.63, 3.8) is 0 Å². The average Bonchev–Trinajstić information content (AvgIpc) is 2.88. The summed E-state index contributed by atoms with van der Waals surface area (Å²) in [6.07, 6.45) is 35.7. The molecule has 1 unspecified atom stereocenters. The van der Waals surface area contributed by atoms with Crippen molar-refractivity contribution < 1.29 is 14.7 Å². The van der Waals surface area contributed by atoms with Crippen molar-refractivity contribution in [2.75, 3.05) is 0 Å². The zero-order valence-corrected chi connectivity index (χ0v) is 25.3. The molecule has 0 aliphatic rings. The summed E-state index contributed by atoms with van der Waals surface area (Å²) in [7, 11) is 0. The normalized spacial score (nSPS) is 12.2. The first-order valence-corrected chi connectivity index (χ1v) is 16.9. The quantitative estimate of drug-likeness (QED) is 0.0727. The lowest BCUT2D eigenvalue weighted by Crippen LogP contribution is -2.23. The molecule has 37 heavy (non-hydrogen) atoms. The third kappa shape index (κ3) is 26.5.